The standard InChI is InChI=1S/C22H29N3O4/c1-16-2-4-19(5-3-16)25-15-18(14-20(25)26)22(28)23-8-6-17(7-9-23)21(27)24-10-12-29-13-11-24/h2-5,17-18H,6-15H2,1H3/t18-/m1/s1. The number of likely N-dealkylation sites (tertiary alicyclic amines) is 1. The number of anilines is 1. The van der Waals surface area contributed by atoms with Gasteiger partial charge in [-0.25, -0.2) is 0 Å². The fourth-order valence-corrected chi connectivity index (χ4v) is 4.49. The minimum absolute atomic E-state index is 0.00424. The van der Waals surface area contributed by atoms with Crippen LogP contribution in [0.15, 0.2) is 24.3 Å². The van der Waals surface area contributed by atoms with E-state index in [0.29, 0.717) is 58.8 Å². The van der Waals surface area contributed by atoms with E-state index < -0.39 is 0 Å². The van der Waals surface area contributed by atoms with Crippen LogP contribution in [0.2, 0.25) is 0 Å². The normalized spacial score (nSPS) is 23.6. The van der Waals surface area contributed by atoms with E-state index in [-0.39, 0.29) is 36.0 Å². The zero-order valence-corrected chi connectivity index (χ0v) is 17.0. The molecule has 7 nitrogen and oxygen atoms in total. The number of hydrogen-bond acceptors (Lipinski definition) is 4. The van der Waals surface area contributed by atoms with E-state index in [1.54, 1.807) is 4.90 Å². The van der Waals surface area contributed by atoms with Crippen LogP contribution in [0, 0.1) is 18.8 Å². The van der Waals surface area contributed by atoms with Crippen LogP contribution >= 0.6 is 0 Å². The Morgan fingerprint density at radius 2 is 1.48 bits per heavy atom. The number of morpholine rings is 1. The summed E-state index contributed by atoms with van der Waals surface area (Å²) in [5.41, 5.74) is 1.99. The molecule has 0 unspecified atom stereocenters. The van der Waals surface area contributed by atoms with Gasteiger partial charge in [-0.15, -0.1) is 0 Å². The molecule has 3 fully saturated rings. The fraction of sp³-hybridized carbons (Fsp3) is 0.591. The zero-order valence-electron chi connectivity index (χ0n) is 17.0. The fourth-order valence-electron chi connectivity index (χ4n) is 4.49. The summed E-state index contributed by atoms with van der Waals surface area (Å²) in [5.74, 6) is -0.0569. The van der Waals surface area contributed by atoms with Gasteiger partial charge in [-0.2, -0.15) is 0 Å². The molecule has 3 saturated heterocycles. The molecule has 1 aromatic carbocycles. The molecule has 0 radical (unpaired) electrons. The highest BCUT2D eigenvalue weighted by Crippen LogP contribution is 2.28. The number of ether oxygens (including phenoxy) is 1. The van der Waals surface area contributed by atoms with Crippen LogP contribution < -0.4 is 4.90 Å². The van der Waals surface area contributed by atoms with Gasteiger partial charge < -0.3 is 19.4 Å². The smallest absolute Gasteiger partial charge is 0.228 e. The average molecular weight is 399 g/mol. The van der Waals surface area contributed by atoms with E-state index in [0.717, 1.165) is 11.3 Å². The third-order valence-corrected chi connectivity index (χ3v) is 6.30. The van der Waals surface area contributed by atoms with Gasteiger partial charge in [-0.05, 0) is 31.9 Å². The molecule has 0 spiro atoms. The average Bonchev–Trinajstić information content (AvgIpc) is 3.15. The van der Waals surface area contributed by atoms with Gasteiger partial charge in [0.25, 0.3) is 0 Å². The number of piperidine rings is 1. The first-order valence-corrected chi connectivity index (χ1v) is 10.6. The third-order valence-electron chi connectivity index (χ3n) is 6.30. The monoisotopic (exact) mass is 399 g/mol. The number of aryl methyl sites for hydroxylation is 1. The summed E-state index contributed by atoms with van der Waals surface area (Å²) >= 11 is 0. The van der Waals surface area contributed by atoms with Crippen LogP contribution in [0.3, 0.4) is 0 Å². The molecule has 29 heavy (non-hydrogen) atoms. The number of hydrogen-bond donors (Lipinski definition) is 0. The second kappa shape index (κ2) is 8.53. The number of benzene rings is 1. The molecule has 0 bridgehead atoms. The summed E-state index contributed by atoms with van der Waals surface area (Å²) in [6.07, 6.45) is 1.66. The molecule has 0 saturated carbocycles. The summed E-state index contributed by atoms with van der Waals surface area (Å²) in [6, 6.07) is 7.83. The molecule has 1 aromatic rings. The predicted octanol–water partition coefficient (Wildman–Crippen LogP) is 1.45. The molecule has 1 atom stereocenters. The second-order valence-electron chi connectivity index (χ2n) is 8.28. The van der Waals surface area contributed by atoms with Gasteiger partial charge in [0.15, 0.2) is 0 Å². The Balaban J connectivity index is 1.31. The highest BCUT2D eigenvalue weighted by atomic mass is 16.5. The summed E-state index contributed by atoms with van der Waals surface area (Å²) in [5, 5.41) is 0. The first-order valence-electron chi connectivity index (χ1n) is 10.6. The van der Waals surface area contributed by atoms with Crippen molar-refractivity contribution in [3.05, 3.63) is 29.8 Å². The van der Waals surface area contributed by atoms with Crippen molar-refractivity contribution in [2.24, 2.45) is 11.8 Å². The summed E-state index contributed by atoms with van der Waals surface area (Å²) in [6.45, 7) is 6.17. The molecule has 3 aliphatic rings. The zero-order chi connectivity index (χ0) is 20.4. The van der Waals surface area contributed by atoms with Gasteiger partial charge in [-0.1, -0.05) is 17.7 Å². The molecular formula is C22H29N3O4. The van der Waals surface area contributed by atoms with Crippen LogP contribution in [0.5, 0.6) is 0 Å². The predicted molar refractivity (Wildman–Crippen MR) is 108 cm³/mol. The second-order valence-corrected chi connectivity index (χ2v) is 8.28. The maximum atomic E-state index is 13.0. The van der Waals surface area contributed by atoms with Gasteiger partial charge >= 0.3 is 0 Å². The van der Waals surface area contributed by atoms with Crippen LogP contribution in [0.25, 0.3) is 0 Å². The van der Waals surface area contributed by atoms with Crippen molar-refractivity contribution in [1.29, 1.82) is 0 Å². The van der Waals surface area contributed by atoms with Crippen molar-refractivity contribution in [2.75, 3.05) is 50.8 Å². The number of rotatable bonds is 3. The number of carbonyl (C=O) groups is 3. The van der Waals surface area contributed by atoms with Crippen molar-refractivity contribution in [1.82, 2.24) is 9.80 Å². The Kier molecular flexibility index (Phi) is 5.85. The SMILES string of the molecule is Cc1ccc(N2C[C@H](C(=O)N3CCC(C(=O)N4CCOCC4)CC3)CC2=O)cc1. The highest BCUT2D eigenvalue weighted by molar-refractivity contribution is 6.00. The molecule has 156 valence electrons. The first kappa shape index (κ1) is 19.9. The van der Waals surface area contributed by atoms with E-state index in [4.69, 9.17) is 4.74 Å². The Morgan fingerprint density at radius 1 is 0.897 bits per heavy atom. The molecule has 3 aliphatic heterocycles. The summed E-state index contributed by atoms with van der Waals surface area (Å²) < 4.78 is 5.32. The van der Waals surface area contributed by atoms with Crippen LogP contribution in [0.1, 0.15) is 24.8 Å². The minimum Gasteiger partial charge on any atom is -0.378 e. The van der Waals surface area contributed by atoms with Crippen LogP contribution in [-0.2, 0) is 19.1 Å². The molecule has 7 heteroatoms. The largest absolute Gasteiger partial charge is 0.378 e. The van der Waals surface area contributed by atoms with Crippen molar-refractivity contribution in [3.8, 4) is 0 Å². The molecule has 0 aliphatic carbocycles. The maximum Gasteiger partial charge on any atom is 0.228 e. The van der Waals surface area contributed by atoms with Crippen LogP contribution in [-0.4, -0.2) is 73.5 Å². The topological polar surface area (TPSA) is 70.2 Å². The number of nitrogens with zero attached hydrogens (tertiary/aromatic N) is 3. The molecule has 4 rings (SSSR count). The van der Waals surface area contributed by atoms with Gasteiger partial charge in [-0.3, -0.25) is 14.4 Å². The number of amides is 3. The van der Waals surface area contributed by atoms with Crippen molar-refractivity contribution >= 4 is 23.4 Å². The van der Waals surface area contributed by atoms with Gasteiger partial charge in [0, 0.05) is 50.7 Å². The van der Waals surface area contributed by atoms with E-state index >= 15 is 0 Å². The van der Waals surface area contributed by atoms with Gasteiger partial charge in [0.1, 0.15) is 0 Å². The lowest BCUT2D eigenvalue weighted by Crippen LogP contribution is -2.48. The van der Waals surface area contributed by atoms with Gasteiger partial charge in [0.2, 0.25) is 17.7 Å². The Morgan fingerprint density at radius 3 is 2.14 bits per heavy atom. The van der Waals surface area contributed by atoms with Crippen molar-refractivity contribution in [3.63, 3.8) is 0 Å². The molecule has 3 heterocycles. The number of carbonyl (C=O) groups excluding carboxylic acids is 3. The van der Waals surface area contributed by atoms with E-state index in [1.807, 2.05) is 41.0 Å². The summed E-state index contributed by atoms with van der Waals surface area (Å²) in [7, 11) is 0. The lowest BCUT2D eigenvalue weighted by atomic mass is 9.94. The van der Waals surface area contributed by atoms with Crippen molar-refractivity contribution < 1.29 is 19.1 Å². The lowest BCUT2D eigenvalue weighted by Gasteiger charge is -2.36. The quantitative estimate of drug-likeness (QED) is 0.771. The minimum atomic E-state index is -0.296. The molecule has 0 N–H and O–H groups in total. The lowest BCUT2D eigenvalue weighted by molar-refractivity contribution is -0.144. The van der Waals surface area contributed by atoms with Crippen molar-refractivity contribution in [2.45, 2.75) is 26.2 Å². The van der Waals surface area contributed by atoms with E-state index in [2.05, 4.69) is 0 Å². The Bertz CT molecular complexity index is 765. The molecule has 0 aromatic heterocycles. The Hall–Kier alpha value is -2.41. The molecular weight excluding hydrogens is 370 g/mol. The molecule has 3 amide bonds. The third kappa shape index (κ3) is 4.29. The maximum absolute atomic E-state index is 13.0. The summed E-state index contributed by atoms with van der Waals surface area (Å²) in [4.78, 5) is 43.6. The highest BCUT2D eigenvalue weighted by Gasteiger charge is 2.39. The Labute approximate surface area is 171 Å². The van der Waals surface area contributed by atoms with Gasteiger partial charge in [0.05, 0.1) is 19.1 Å². The van der Waals surface area contributed by atoms with E-state index in [1.165, 1.54) is 0 Å². The van der Waals surface area contributed by atoms with E-state index in [9.17, 15) is 14.4 Å². The first-order chi connectivity index (χ1) is 14.0. The van der Waals surface area contributed by atoms with Crippen LogP contribution in [0.4, 0.5) is 5.69 Å².